The van der Waals surface area contributed by atoms with Crippen LogP contribution in [-0.4, -0.2) is 39.2 Å². The Kier molecular flexibility index (Phi) is 5.77. The number of hydrogen-bond acceptors (Lipinski definition) is 6. The lowest BCUT2D eigenvalue weighted by Gasteiger charge is -2.03. The first-order chi connectivity index (χ1) is 7.04. The van der Waals surface area contributed by atoms with Crippen LogP contribution >= 0.6 is 0 Å². The molecule has 0 aromatic carbocycles. The normalized spacial score (nSPS) is 10.5. The van der Waals surface area contributed by atoms with E-state index in [1.165, 1.54) is 7.11 Å². The molecule has 0 aliphatic carbocycles. The molecule has 0 aromatic heterocycles. The summed E-state index contributed by atoms with van der Waals surface area (Å²) in [4.78, 5) is 32.9. The zero-order valence-electron chi connectivity index (χ0n) is 8.73. The van der Waals surface area contributed by atoms with Crippen molar-refractivity contribution in [2.45, 2.75) is 6.42 Å². The van der Waals surface area contributed by atoms with Crippen LogP contribution in [-0.2, 0) is 28.6 Å². The quantitative estimate of drug-likeness (QED) is 0.368. The lowest BCUT2D eigenvalue weighted by molar-refractivity contribution is -0.143. The number of carbonyl (C=O) groups excluding carboxylic acids is 3. The Hall–Kier alpha value is -1.85. The van der Waals surface area contributed by atoms with E-state index in [9.17, 15) is 14.4 Å². The van der Waals surface area contributed by atoms with Crippen molar-refractivity contribution in [3.63, 3.8) is 0 Å². The topological polar surface area (TPSA) is 78.9 Å². The highest BCUT2D eigenvalue weighted by atomic mass is 16.5. The first kappa shape index (κ1) is 13.2. The minimum Gasteiger partial charge on any atom is -0.469 e. The summed E-state index contributed by atoms with van der Waals surface area (Å²) in [6.07, 6.45) is 0.557. The Morgan fingerprint density at radius 1 is 1.00 bits per heavy atom. The van der Waals surface area contributed by atoms with Gasteiger partial charge < -0.3 is 14.2 Å². The molecule has 0 spiro atoms. The highest BCUT2D eigenvalue weighted by Crippen LogP contribution is 2.05. The molecule has 0 aliphatic rings. The minimum absolute atomic E-state index is 0.115. The fraction of sp³-hybridized carbons (Fsp3) is 0.444. The third kappa shape index (κ3) is 4.80. The number of carbonyl (C=O) groups is 3. The van der Waals surface area contributed by atoms with Crippen molar-refractivity contribution < 1.29 is 28.6 Å². The van der Waals surface area contributed by atoms with E-state index in [0.29, 0.717) is 0 Å². The van der Waals surface area contributed by atoms with Gasteiger partial charge in [-0.25, -0.2) is 9.59 Å². The molecule has 0 N–H and O–H groups in total. The Labute approximate surface area is 86.8 Å². The van der Waals surface area contributed by atoms with Gasteiger partial charge in [0.15, 0.2) is 0 Å². The van der Waals surface area contributed by atoms with Crippen molar-refractivity contribution in [3.8, 4) is 0 Å². The van der Waals surface area contributed by atoms with Gasteiger partial charge in [-0.05, 0) is 0 Å². The predicted octanol–water partition coefficient (Wildman–Crippen LogP) is -0.178. The Morgan fingerprint density at radius 2 is 1.60 bits per heavy atom. The molecule has 6 nitrogen and oxygen atoms in total. The Bertz CT molecular complexity index is 291. The number of esters is 3. The highest BCUT2D eigenvalue weighted by molar-refractivity contribution is 5.99. The third-order valence-electron chi connectivity index (χ3n) is 1.50. The van der Waals surface area contributed by atoms with E-state index < -0.39 is 17.9 Å². The van der Waals surface area contributed by atoms with Crippen LogP contribution in [0, 0.1) is 0 Å². The number of rotatable bonds is 4. The molecular weight excluding hydrogens is 204 g/mol. The lowest BCUT2D eigenvalue weighted by Crippen LogP contribution is -2.13. The van der Waals surface area contributed by atoms with Gasteiger partial charge in [-0.3, -0.25) is 4.79 Å². The summed E-state index contributed by atoms with van der Waals surface area (Å²) < 4.78 is 13.0. The maximum Gasteiger partial charge on any atom is 0.334 e. The molecule has 0 fully saturated rings. The van der Waals surface area contributed by atoms with Crippen LogP contribution in [0.1, 0.15) is 6.42 Å². The van der Waals surface area contributed by atoms with E-state index >= 15 is 0 Å². The van der Waals surface area contributed by atoms with E-state index in [-0.39, 0.29) is 12.0 Å². The first-order valence-electron chi connectivity index (χ1n) is 3.98. The highest BCUT2D eigenvalue weighted by Gasteiger charge is 2.16. The van der Waals surface area contributed by atoms with Gasteiger partial charge in [0, 0.05) is 6.08 Å². The summed E-state index contributed by atoms with van der Waals surface area (Å²) in [5.41, 5.74) is -0.115. The maximum atomic E-state index is 11.1. The average Bonchev–Trinajstić information content (AvgIpc) is 2.26. The van der Waals surface area contributed by atoms with E-state index in [1.807, 2.05) is 0 Å². The van der Waals surface area contributed by atoms with Gasteiger partial charge in [-0.1, -0.05) is 0 Å². The molecule has 0 bridgehead atoms. The Morgan fingerprint density at radius 3 is 2.00 bits per heavy atom. The van der Waals surface area contributed by atoms with Crippen LogP contribution in [0.25, 0.3) is 0 Å². The van der Waals surface area contributed by atoms with Gasteiger partial charge in [0.2, 0.25) is 0 Å². The van der Waals surface area contributed by atoms with Crippen LogP contribution < -0.4 is 0 Å². The fourth-order valence-electron chi connectivity index (χ4n) is 0.742. The minimum atomic E-state index is -0.772. The second kappa shape index (κ2) is 6.58. The molecule has 15 heavy (non-hydrogen) atoms. The van der Waals surface area contributed by atoms with Crippen molar-refractivity contribution in [2.24, 2.45) is 0 Å². The molecule has 0 saturated carbocycles. The van der Waals surface area contributed by atoms with Gasteiger partial charge in [0.05, 0.1) is 33.3 Å². The molecule has 0 heterocycles. The van der Waals surface area contributed by atoms with Crippen molar-refractivity contribution in [1.82, 2.24) is 0 Å². The SMILES string of the molecule is COC(=O)/C=C(\CC(=O)OC)C(=O)OC. The van der Waals surface area contributed by atoms with Gasteiger partial charge in [0.25, 0.3) is 0 Å². The average molecular weight is 216 g/mol. The van der Waals surface area contributed by atoms with Gasteiger partial charge in [-0.15, -0.1) is 0 Å². The monoisotopic (exact) mass is 216 g/mol. The summed E-state index contributed by atoms with van der Waals surface area (Å²) in [5.74, 6) is -2.15. The van der Waals surface area contributed by atoms with E-state index in [1.54, 1.807) is 0 Å². The molecule has 6 heteroatoms. The second-order valence-corrected chi connectivity index (χ2v) is 2.44. The van der Waals surface area contributed by atoms with Crippen LogP contribution in [0.3, 0.4) is 0 Å². The third-order valence-corrected chi connectivity index (χ3v) is 1.50. The summed E-state index contributed by atoms with van der Waals surface area (Å²) in [5, 5.41) is 0. The second-order valence-electron chi connectivity index (χ2n) is 2.44. The van der Waals surface area contributed by atoms with Crippen LogP contribution in [0.2, 0.25) is 0 Å². The summed E-state index contributed by atoms with van der Waals surface area (Å²) in [6, 6.07) is 0. The molecule has 0 amide bonds. The van der Waals surface area contributed by atoms with Gasteiger partial charge in [-0.2, -0.15) is 0 Å². The van der Waals surface area contributed by atoms with E-state index in [4.69, 9.17) is 0 Å². The molecule has 0 rings (SSSR count). The molecule has 0 saturated heterocycles. The number of ether oxygens (including phenoxy) is 3. The molecule has 0 aliphatic heterocycles. The standard InChI is InChI=1S/C9H12O6/c1-13-7(10)4-6(9(12)15-3)5-8(11)14-2/h4H,5H2,1-3H3/b6-4+. The smallest absolute Gasteiger partial charge is 0.334 e. The largest absolute Gasteiger partial charge is 0.469 e. The van der Waals surface area contributed by atoms with Crippen molar-refractivity contribution in [2.75, 3.05) is 21.3 Å². The zero-order chi connectivity index (χ0) is 11.8. The molecule has 0 radical (unpaired) electrons. The summed E-state index contributed by atoms with van der Waals surface area (Å²) >= 11 is 0. The van der Waals surface area contributed by atoms with Crippen LogP contribution in [0.15, 0.2) is 11.6 Å². The van der Waals surface area contributed by atoms with Crippen LogP contribution in [0.5, 0.6) is 0 Å². The summed E-state index contributed by atoms with van der Waals surface area (Å²) in [6.45, 7) is 0. The molecule has 0 unspecified atom stereocenters. The maximum absolute atomic E-state index is 11.1. The predicted molar refractivity (Wildman–Crippen MR) is 48.7 cm³/mol. The van der Waals surface area contributed by atoms with Crippen molar-refractivity contribution in [3.05, 3.63) is 11.6 Å². The summed E-state index contributed by atoms with van der Waals surface area (Å²) in [7, 11) is 3.48. The fourth-order valence-corrected chi connectivity index (χ4v) is 0.742. The van der Waals surface area contributed by atoms with Gasteiger partial charge in [0.1, 0.15) is 0 Å². The molecule has 0 atom stereocenters. The van der Waals surface area contributed by atoms with Crippen LogP contribution in [0.4, 0.5) is 0 Å². The number of methoxy groups -OCH3 is 3. The van der Waals surface area contributed by atoms with E-state index in [0.717, 1.165) is 20.3 Å². The van der Waals surface area contributed by atoms with Crippen molar-refractivity contribution in [1.29, 1.82) is 0 Å². The Balaban J connectivity index is 4.73. The molecular formula is C9H12O6. The molecule has 0 aromatic rings. The molecule has 84 valence electrons. The van der Waals surface area contributed by atoms with E-state index in [2.05, 4.69) is 14.2 Å². The van der Waals surface area contributed by atoms with Gasteiger partial charge >= 0.3 is 17.9 Å². The van der Waals surface area contributed by atoms with Crippen molar-refractivity contribution >= 4 is 17.9 Å². The zero-order valence-corrected chi connectivity index (χ0v) is 8.73. The first-order valence-corrected chi connectivity index (χ1v) is 3.98. The lowest BCUT2D eigenvalue weighted by atomic mass is 10.2. The number of hydrogen-bond donors (Lipinski definition) is 0.